The van der Waals surface area contributed by atoms with Crippen molar-refractivity contribution in [3.05, 3.63) is 123 Å². The maximum absolute atomic E-state index is 14.5. The maximum atomic E-state index is 14.5. The molecule has 8 nitrogen and oxygen atoms in total. The summed E-state index contributed by atoms with van der Waals surface area (Å²) in [4.78, 5) is 29.7. The molecular formula is C35H37BrClN3O5S. The lowest BCUT2D eigenvalue weighted by Gasteiger charge is -2.34. The van der Waals surface area contributed by atoms with Gasteiger partial charge in [0.2, 0.25) is 11.8 Å². The molecule has 0 saturated carbocycles. The smallest absolute Gasteiger partial charge is 0.264 e. The zero-order valence-corrected chi connectivity index (χ0v) is 29.3. The zero-order chi connectivity index (χ0) is 33.4. The highest BCUT2D eigenvalue weighted by atomic mass is 79.9. The molecule has 0 aromatic heterocycles. The van der Waals surface area contributed by atoms with Crippen LogP contribution in [0.5, 0.6) is 5.75 Å². The Kier molecular flexibility index (Phi) is 11.9. The molecule has 1 unspecified atom stereocenters. The third-order valence-electron chi connectivity index (χ3n) is 7.31. The van der Waals surface area contributed by atoms with E-state index in [4.69, 9.17) is 16.3 Å². The van der Waals surface area contributed by atoms with Gasteiger partial charge in [0.25, 0.3) is 10.0 Å². The van der Waals surface area contributed by atoms with Gasteiger partial charge in [0.1, 0.15) is 18.3 Å². The molecule has 0 heterocycles. The summed E-state index contributed by atoms with van der Waals surface area (Å²) in [5.74, 6) is -0.470. The number of carbonyl (C=O) groups is 2. The summed E-state index contributed by atoms with van der Waals surface area (Å²) in [5, 5.41) is 3.37. The van der Waals surface area contributed by atoms with Gasteiger partial charge >= 0.3 is 0 Å². The van der Waals surface area contributed by atoms with Crippen molar-refractivity contribution in [1.82, 2.24) is 10.2 Å². The SMILES string of the molecule is COc1ccc(S(=O)(=O)N(CC(=O)N(Cc2ccccc2Cl)C(Cc2ccccc2)C(=O)NC(C)C)c2ccc(C)cc2)cc1Br. The van der Waals surface area contributed by atoms with Crippen molar-refractivity contribution in [2.24, 2.45) is 0 Å². The standard InChI is InChI=1S/C35H37BrClN3O5S/c1-24(2)38-35(42)32(20-26-10-6-5-7-11-26)39(22-27-12-8-9-13-31(27)37)34(41)23-40(28-16-14-25(3)15-17-28)46(43,44)29-18-19-33(45-4)30(36)21-29/h5-19,21,24,32H,20,22-23H2,1-4H3,(H,38,42). The van der Waals surface area contributed by atoms with Crippen LogP contribution in [0.3, 0.4) is 0 Å². The number of benzene rings is 4. The van der Waals surface area contributed by atoms with Crippen LogP contribution in [0.15, 0.2) is 106 Å². The summed E-state index contributed by atoms with van der Waals surface area (Å²) < 4.78 is 35.4. The molecule has 0 aliphatic heterocycles. The number of aryl methyl sites for hydroxylation is 1. The topological polar surface area (TPSA) is 96.0 Å². The van der Waals surface area contributed by atoms with Gasteiger partial charge in [0, 0.05) is 24.0 Å². The van der Waals surface area contributed by atoms with Crippen LogP contribution >= 0.6 is 27.5 Å². The largest absolute Gasteiger partial charge is 0.496 e. The van der Waals surface area contributed by atoms with Crippen molar-refractivity contribution in [3.63, 3.8) is 0 Å². The molecular weight excluding hydrogens is 690 g/mol. The summed E-state index contributed by atoms with van der Waals surface area (Å²) >= 11 is 9.93. The van der Waals surface area contributed by atoms with E-state index in [0.29, 0.717) is 26.5 Å². The van der Waals surface area contributed by atoms with E-state index in [1.165, 1.54) is 24.1 Å². The fourth-order valence-corrected chi connectivity index (χ4v) is 7.25. The minimum absolute atomic E-state index is 0.0165. The highest BCUT2D eigenvalue weighted by Gasteiger charge is 2.35. The molecule has 1 N–H and O–H groups in total. The van der Waals surface area contributed by atoms with Crippen LogP contribution in [0.4, 0.5) is 5.69 Å². The van der Waals surface area contributed by atoms with Gasteiger partial charge in [-0.05, 0) is 84.2 Å². The fraction of sp³-hybridized carbons (Fsp3) is 0.257. The maximum Gasteiger partial charge on any atom is 0.264 e. The number of hydrogen-bond acceptors (Lipinski definition) is 5. The van der Waals surface area contributed by atoms with E-state index in [1.807, 2.05) is 51.1 Å². The molecule has 46 heavy (non-hydrogen) atoms. The van der Waals surface area contributed by atoms with Gasteiger partial charge in [-0.25, -0.2) is 8.42 Å². The van der Waals surface area contributed by atoms with E-state index in [1.54, 1.807) is 54.6 Å². The van der Waals surface area contributed by atoms with Crippen molar-refractivity contribution in [1.29, 1.82) is 0 Å². The van der Waals surface area contributed by atoms with E-state index >= 15 is 0 Å². The van der Waals surface area contributed by atoms with Crippen LogP contribution in [0.25, 0.3) is 0 Å². The Balaban J connectivity index is 1.82. The number of sulfonamides is 1. The van der Waals surface area contributed by atoms with Crippen molar-refractivity contribution in [2.75, 3.05) is 18.0 Å². The zero-order valence-electron chi connectivity index (χ0n) is 26.1. The molecule has 0 radical (unpaired) electrons. The highest BCUT2D eigenvalue weighted by Crippen LogP contribution is 2.31. The molecule has 4 rings (SSSR count). The van der Waals surface area contributed by atoms with Crippen LogP contribution < -0.4 is 14.4 Å². The Hall–Kier alpha value is -3.86. The second-order valence-corrected chi connectivity index (χ2v) is 14.2. The van der Waals surface area contributed by atoms with Gasteiger partial charge in [-0.3, -0.25) is 13.9 Å². The average Bonchev–Trinajstić information content (AvgIpc) is 3.02. The summed E-state index contributed by atoms with van der Waals surface area (Å²) in [7, 11) is -2.79. The number of amides is 2. The van der Waals surface area contributed by atoms with Gasteiger partial charge < -0.3 is 15.0 Å². The fourth-order valence-electron chi connectivity index (χ4n) is 4.92. The monoisotopic (exact) mass is 725 g/mol. The number of halogens is 2. The molecule has 4 aromatic carbocycles. The lowest BCUT2D eigenvalue weighted by Crippen LogP contribution is -2.54. The van der Waals surface area contributed by atoms with E-state index in [0.717, 1.165) is 15.4 Å². The molecule has 0 aliphatic carbocycles. The normalized spacial score (nSPS) is 12.0. The second-order valence-electron chi connectivity index (χ2n) is 11.1. The van der Waals surface area contributed by atoms with Crippen LogP contribution in [-0.4, -0.2) is 50.9 Å². The predicted octanol–water partition coefficient (Wildman–Crippen LogP) is 6.78. The lowest BCUT2D eigenvalue weighted by molar-refractivity contribution is -0.140. The number of methoxy groups -OCH3 is 1. The number of ether oxygens (including phenoxy) is 1. The van der Waals surface area contributed by atoms with E-state index in [-0.39, 0.29) is 29.8 Å². The molecule has 0 fully saturated rings. The van der Waals surface area contributed by atoms with Crippen molar-refractivity contribution in [2.45, 2.75) is 50.7 Å². The molecule has 1 atom stereocenters. The first-order valence-electron chi connectivity index (χ1n) is 14.7. The van der Waals surface area contributed by atoms with Crippen LogP contribution in [0.1, 0.15) is 30.5 Å². The Labute approximate surface area is 284 Å². The summed E-state index contributed by atoms with van der Waals surface area (Å²) in [5.41, 5.74) is 2.69. The van der Waals surface area contributed by atoms with Crippen LogP contribution in [-0.2, 0) is 32.6 Å². The third kappa shape index (κ3) is 8.69. The first-order chi connectivity index (χ1) is 21.9. The number of nitrogens with one attached hydrogen (secondary N) is 1. The van der Waals surface area contributed by atoms with Gasteiger partial charge in [-0.1, -0.05) is 77.8 Å². The first-order valence-corrected chi connectivity index (χ1v) is 17.3. The molecule has 242 valence electrons. The van der Waals surface area contributed by atoms with Gasteiger partial charge in [-0.2, -0.15) is 0 Å². The van der Waals surface area contributed by atoms with Gasteiger partial charge in [0.15, 0.2) is 0 Å². The second kappa shape index (κ2) is 15.6. The third-order valence-corrected chi connectivity index (χ3v) is 10.1. The molecule has 0 aliphatic rings. The number of anilines is 1. The number of carbonyl (C=O) groups excluding carboxylic acids is 2. The Morgan fingerprint density at radius 1 is 0.935 bits per heavy atom. The van der Waals surface area contributed by atoms with Gasteiger partial charge in [-0.15, -0.1) is 0 Å². The number of rotatable bonds is 13. The quantitative estimate of drug-likeness (QED) is 0.164. The number of hydrogen-bond donors (Lipinski definition) is 1. The van der Waals surface area contributed by atoms with E-state index < -0.39 is 28.5 Å². The van der Waals surface area contributed by atoms with Crippen molar-refractivity contribution >= 4 is 55.1 Å². The Bertz CT molecular complexity index is 1770. The first kappa shape index (κ1) is 35.0. The van der Waals surface area contributed by atoms with Gasteiger partial charge in [0.05, 0.1) is 22.2 Å². The summed E-state index contributed by atoms with van der Waals surface area (Å²) in [6, 6.07) is 26.6. The Morgan fingerprint density at radius 2 is 1.59 bits per heavy atom. The predicted molar refractivity (Wildman–Crippen MR) is 186 cm³/mol. The Morgan fingerprint density at radius 3 is 2.20 bits per heavy atom. The summed E-state index contributed by atoms with van der Waals surface area (Å²) in [6.07, 6.45) is 0.207. The van der Waals surface area contributed by atoms with Crippen molar-refractivity contribution in [3.8, 4) is 5.75 Å². The minimum Gasteiger partial charge on any atom is -0.496 e. The molecule has 0 bridgehead atoms. The lowest BCUT2D eigenvalue weighted by atomic mass is 10.0. The van der Waals surface area contributed by atoms with Crippen LogP contribution in [0, 0.1) is 6.92 Å². The molecule has 0 saturated heterocycles. The van der Waals surface area contributed by atoms with E-state index in [2.05, 4.69) is 21.2 Å². The number of nitrogens with zero attached hydrogens (tertiary/aromatic N) is 2. The molecule has 11 heteroatoms. The van der Waals surface area contributed by atoms with Crippen LogP contribution in [0.2, 0.25) is 5.02 Å². The highest BCUT2D eigenvalue weighted by molar-refractivity contribution is 9.10. The van der Waals surface area contributed by atoms with E-state index in [9.17, 15) is 18.0 Å². The minimum atomic E-state index is -4.27. The summed E-state index contributed by atoms with van der Waals surface area (Å²) in [6.45, 7) is 4.99. The van der Waals surface area contributed by atoms with Crippen molar-refractivity contribution < 1.29 is 22.7 Å². The molecule has 0 spiro atoms. The molecule has 4 aromatic rings. The molecule has 2 amide bonds. The average molecular weight is 727 g/mol.